The standard InChI is InChI=1S/C15H24O2/c1-5-11-8-13(2,3)10-15(9-11)12(16)6-7-14(15,4)17/h8,17H,5-7,9-10H2,1-4H3/t14-,15-/m0/s1. The summed E-state index contributed by atoms with van der Waals surface area (Å²) in [6.45, 7) is 8.33. The Morgan fingerprint density at radius 2 is 2.00 bits per heavy atom. The van der Waals surface area contributed by atoms with Gasteiger partial charge in [0, 0.05) is 6.42 Å². The van der Waals surface area contributed by atoms with Gasteiger partial charge in [-0.05, 0) is 38.0 Å². The summed E-state index contributed by atoms with van der Waals surface area (Å²) in [7, 11) is 0. The zero-order valence-electron chi connectivity index (χ0n) is 11.5. The van der Waals surface area contributed by atoms with E-state index in [0.29, 0.717) is 12.8 Å². The summed E-state index contributed by atoms with van der Waals surface area (Å²) in [6, 6.07) is 0. The molecule has 0 aromatic heterocycles. The Bertz CT molecular complexity index is 376. The minimum atomic E-state index is -0.823. The SMILES string of the molecule is CCC1=CC(C)(C)C[C@@]2(C1)C(=O)CC[C@]2(C)O. The summed E-state index contributed by atoms with van der Waals surface area (Å²) in [5.74, 6) is 0.273. The average molecular weight is 236 g/mol. The second-order valence-electron chi connectivity index (χ2n) is 6.78. The molecular formula is C15H24O2. The Kier molecular flexibility index (Phi) is 2.77. The van der Waals surface area contributed by atoms with Crippen molar-refractivity contribution in [2.24, 2.45) is 10.8 Å². The van der Waals surface area contributed by atoms with E-state index in [2.05, 4.69) is 26.8 Å². The Morgan fingerprint density at radius 3 is 2.47 bits per heavy atom. The van der Waals surface area contributed by atoms with Crippen LogP contribution in [0.25, 0.3) is 0 Å². The van der Waals surface area contributed by atoms with Crippen LogP contribution in [-0.2, 0) is 4.79 Å². The van der Waals surface area contributed by atoms with Crippen molar-refractivity contribution in [1.82, 2.24) is 0 Å². The summed E-state index contributed by atoms with van der Waals surface area (Å²) in [6.07, 6.45) is 6.00. The smallest absolute Gasteiger partial charge is 0.142 e. The van der Waals surface area contributed by atoms with Crippen molar-refractivity contribution in [3.63, 3.8) is 0 Å². The maximum atomic E-state index is 12.3. The number of ketones is 1. The van der Waals surface area contributed by atoms with E-state index < -0.39 is 11.0 Å². The molecule has 96 valence electrons. The molecule has 2 nitrogen and oxygen atoms in total. The summed E-state index contributed by atoms with van der Waals surface area (Å²) >= 11 is 0. The second kappa shape index (κ2) is 3.68. The molecule has 1 saturated carbocycles. The highest BCUT2D eigenvalue weighted by atomic mass is 16.3. The number of aliphatic hydroxyl groups is 1. The van der Waals surface area contributed by atoms with Gasteiger partial charge in [0.2, 0.25) is 0 Å². The van der Waals surface area contributed by atoms with Crippen LogP contribution in [0.5, 0.6) is 0 Å². The van der Waals surface area contributed by atoms with Crippen LogP contribution >= 0.6 is 0 Å². The van der Waals surface area contributed by atoms with Crippen LogP contribution in [0.15, 0.2) is 11.6 Å². The van der Waals surface area contributed by atoms with Gasteiger partial charge in [-0.1, -0.05) is 32.4 Å². The molecule has 0 aliphatic heterocycles. The van der Waals surface area contributed by atoms with Gasteiger partial charge in [-0.2, -0.15) is 0 Å². The maximum absolute atomic E-state index is 12.3. The molecule has 0 aromatic carbocycles. The molecule has 1 fully saturated rings. The summed E-state index contributed by atoms with van der Waals surface area (Å²) < 4.78 is 0. The van der Waals surface area contributed by atoms with Gasteiger partial charge in [-0.25, -0.2) is 0 Å². The van der Waals surface area contributed by atoms with Crippen molar-refractivity contribution >= 4 is 5.78 Å². The van der Waals surface area contributed by atoms with Gasteiger partial charge in [0.15, 0.2) is 0 Å². The molecule has 2 aliphatic rings. The molecule has 2 atom stereocenters. The Hall–Kier alpha value is -0.630. The fourth-order valence-electron chi connectivity index (χ4n) is 3.82. The average Bonchev–Trinajstić information content (AvgIpc) is 2.41. The fraction of sp³-hybridized carbons (Fsp3) is 0.800. The number of hydrogen-bond acceptors (Lipinski definition) is 2. The predicted octanol–water partition coefficient (Wildman–Crippen LogP) is 3.24. The molecule has 2 rings (SSSR count). The first-order valence-corrected chi connectivity index (χ1v) is 6.69. The number of carbonyl (C=O) groups is 1. The monoisotopic (exact) mass is 236 g/mol. The first-order valence-electron chi connectivity index (χ1n) is 6.69. The van der Waals surface area contributed by atoms with E-state index in [1.807, 2.05) is 6.92 Å². The van der Waals surface area contributed by atoms with Crippen LogP contribution in [0.1, 0.15) is 59.8 Å². The first-order chi connectivity index (χ1) is 7.72. The third-order valence-corrected chi connectivity index (χ3v) is 4.74. The fourth-order valence-corrected chi connectivity index (χ4v) is 3.82. The van der Waals surface area contributed by atoms with Crippen LogP contribution in [-0.4, -0.2) is 16.5 Å². The number of allylic oxidation sites excluding steroid dienone is 2. The molecule has 17 heavy (non-hydrogen) atoms. The molecular weight excluding hydrogens is 212 g/mol. The molecule has 0 saturated heterocycles. The number of hydrogen-bond donors (Lipinski definition) is 1. The van der Waals surface area contributed by atoms with Crippen LogP contribution in [0.4, 0.5) is 0 Å². The van der Waals surface area contributed by atoms with E-state index in [1.165, 1.54) is 5.57 Å². The van der Waals surface area contributed by atoms with E-state index in [4.69, 9.17) is 0 Å². The van der Waals surface area contributed by atoms with Crippen LogP contribution in [0, 0.1) is 10.8 Å². The number of carbonyl (C=O) groups excluding carboxylic acids is 1. The largest absolute Gasteiger partial charge is 0.389 e. The summed E-state index contributed by atoms with van der Waals surface area (Å²) in [5.41, 5.74) is 0.0111. The van der Waals surface area contributed by atoms with Crippen molar-refractivity contribution in [2.75, 3.05) is 0 Å². The lowest BCUT2D eigenvalue weighted by Gasteiger charge is -2.47. The summed E-state index contributed by atoms with van der Waals surface area (Å²) in [5, 5.41) is 10.6. The lowest BCUT2D eigenvalue weighted by Crippen LogP contribution is -2.49. The minimum absolute atomic E-state index is 0.0214. The number of rotatable bonds is 1. The van der Waals surface area contributed by atoms with E-state index in [9.17, 15) is 9.90 Å². The van der Waals surface area contributed by atoms with Gasteiger partial charge >= 0.3 is 0 Å². The van der Waals surface area contributed by atoms with Gasteiger partial charge < -0.3 is 5.11 Å². The van der Waals surface area contributed by atoms with Crippen LogP contribution < -0.4 is 0 Å². The number of Topliss-reactive ketones (excluding diaryl/α,β-unsaturated/α-hetero) is 1. The lowest BCUT2D eigenvalue weighted by molar-refractivity contribution is -0.139. The highest BCUT2D eigenvalue weighted by molar-refractivity contribution is 5.89. The van der Waals surface area contributed by atoms with E-state index in [-0.39, 0.29) is 11.2 Å². The highest BCUT2D eigenvalue weighted by Crippen LogP contribution is 2.57. The topological polar surface area (TPSA) is 37.3 Å². The molecule has 2 aliphatic carbocycles. The Balaban J connectivity index is 2.46. The third kappa shape index (κ3) is 1.87. The third-order valence-electron chi connectivity index (χ3n) is 4.74. The molecule has 1 N–H and O–H groups in total. The molecule has 0 radical (unpaired) electrons. The van der Waals surface area contributed by atoms with Crippen molar-refractivity contribution in [2.45, 2.75) is 65.4 Å². The van der Waals surface area contributed by atoms with Gasteiger partial charge in [0.25, 0.3) is 0 Å². The maximum Gasteiger partial charge on any atom is 0.142 e. The quantitative estimate of drug-likeness (QED) is 0.710. The minimum Gasteiger partial charge on any atom is -0.389 e. The van der Waals surface area contributed by atoms with Crippen LogP contribution in [0.2, 0.25) is 0 Å². The molecule has 0 aromatic rings. The molecule has 2 heteroatoms. The zero-order valence-corrected chi connectivity index (χ0v) is 11.5. The first kappa shape index (κ1) is 12.8. The van der Waals surface area contributed by atoms with Crippen molar-refractivity contribution in [3.8, 4) is 0 Å². The molecule has 0 heterocycles. The normalized spacial score (nSPS) is 40.8. The van der Waals surface area contributed by atoms with Gasteiger partial charge in [0.05, 0.1) is 11.0 Å². The lowest BCUT2D eigenvalue weighted by atomic mass is 9.58. The van der Waals surface area contributed by atoms with Gasteiger partial charge in [-0.3, -0.25) is 4.79 Å². The van der Waals surface area contributed by atoms with Gasteiger partial charge in [0.1, 0.15) is 5.78 Å². The summed E-state index contributed by atoms with van der Waals surface area (Å²) in [4.78, 5) is 12.3. The molecule has 1 spiro atoms. The van der Waals surface area contributed by atoms with E-state index in [1.54, 1.807) is 0 Å². The van der Waals surface area contributed by atoms with Crippen molar-refractivity contribution < 1.29 is 9.90 Å². The van der Waals surface area contributed by atoms with Crippen molar-refractivity contribution in [3.05, 3.63) is 11.6 Å². The Morgan fingerprint density at radius 1 is 1.35 bits per heavy atom. The van der Waals surface area contributed by atoms with Gasteiger partial charge in [-0.15, -0.1) is 0 Å². The molecule has 0 amide bonds. The second-order valence-corrected chi connectivity index (χ2v) is 6.78. The highest BCUT2D eigenvalue weighted by Gasteiger charge is 2.59. The van der Waals surface area contributed by atoms with Crippen LogP contribution in [0.3, 0.4) is 0 Å². The van der Waals surface area contributed by atoms with E-state index in [0.717, 1.165) is 19.3 Å². The predicted molar refractivity (Wildman–Crippen MR) is 68.7 cm³/mol. The Labute approximate surface area is 104 Å². The van der Waals surface area contributed by atoms with E-state index >= 15 is 0 Å². The molecule has 0 bridgehead atoms. The zero-order chi connectivity index (χ0) is 12.9. The molecule has 0 unspecified atom stereocenters. The van der Waals surface area contributed by atoms with Crippen molar-refractivity contribution in [1.29, 1.82) is 0 Å².